The van der Waals surface area contributed by atoms with Crippen LogP contribution in [-0.4, -0.2) is 36.8 Å². The molecule has 2 fully saturated rings. The van der Waals surface area contributed by atoms with Gasteiger partial charge >= 0.3 is 0 Å². The lowest BCUT2D eigenvalue weighted by Gasteiger charge is -2.36. The fourth-order valence-electron chi connectivity index (χ4n) is 6.44. The second-order valence-electron chi connectivity index (χ2n) is 10.0. The number of halogens is 1. The molecule has 7 rings (SSSR count). The molecule has 0 aromatic heterocycles. The van der Waals surface area contributed by atoms with Crippen molar-refractivity contribution in [3.63, 3.8) is 0 Å². The van der Waals surface area contributed by atoms with E-state index in [1.54, 1.807) is 31.4 Å². The highest BCUT2D eigenvalue weighted by atomic mass is 79.9. The van der Waals surface area contributed by atoms with E-state index in [2.05, 4.69) is 15.9 Å². The molecule has 4 atom stereocenters. The van der Waals surface area contributed by atoms with E-state index >= 15 is 0 Å². The summed E-state index contributed by atoms with van der Waals surface area (Å²) in [6, 6.07) is 25.0. The van der Waals surface area contributed by atoms with Gasteiger partial charge in [-0.05, 0) is 57.2 Å². The van der Waals surface area contributed by atoms with Crippen molar-refractivity contribution in [1.82, 2.24) is 0 Å². The fraction of sp³-hybridized carbons (Fsp3) is 0.156. The molecule has 0 unspecified atom stereocenters. The minimum atomic E-state index is -0.845. The number of hydrogen-bond donors (Lipinski definition) is 0. The number of amides is 2. The van der Waals surface area contributed by atoms with E-state index in [9.17, 15) is 14.4 Å². The van der Waals surface area contributed by atoms with Gasteiger partial charge in [-0.15, -0.1) is 0 Å². The highest BCUT2D eigenvalue weighted by Gasteiger charge is 2.64. The largest absolute Gasteiger partial charge is 0.496 e. The SMILES string of the molecule is COc1ccc(C(=O)[C@H]2[C@H]3C(=O)N(c4cccc5ccccc45)C(=O)[C@@H]3[C@H]3C=Cc4ccccc4N32)cc1Br. The lowest BCUT2D eigenvalue weighted by atomic mass is 9.86. The molecule has 6 nitrogen and oxygen atoms in total. The Bertz CT molecular complexity index is 1730. The second kappa shape index (κ2) is 8.92. The van der Waals surface area contributed by atoms with Crippen LogP contribution in [0.3, 0.4) is 0 Å². The molecule has 39 heavy (non-hydrogen) atoms. The van der Waals surface area contributed by atoms with E-state index in [0.717, 1.165) is 22.0 Å². The molecule has 2 saturated heterocycles. The summed E-state index contributed by atoms with van der Waals surface area (Å²) in [6.45, 7) is 0. The van der Waals surface area contributed by atoms with Crippen LogP contribution in [0.5, 0.6) is 5.75 Å². The lowest BCUT2D eigenvalue weighted by Crippen LogP contribution is -2.48. The zero-order chi connectivity index (χ0) is 26.8. The summed E-state index contributed by atoms with van der Waals surface area (Å²) in [6.07, 6.45) is 3.96. The topological polar surface area (TPSA) is 66.9 Å². The number of Topliss-reactive ketones (excluding diaryl/α,β-unsaturated/α-hetero) is 1. The van der Waals surface area contributed by atoms with Crippen LogP contribution >= 0.6 is 15.9 Å². The van der Waals surface area contributed by atoms with Crippen molar-refractivity contribution in [2.45, 2.75) is 12.1 Å². The van der Waals surface area contributed by atoms with Crippen molar-refractivity contribution in [1.29, 1.82) is 0 Å². The summed E-state index contributed by atoms with van der Waals surface area (Å²) < 4.78 is 6.00. The number of ketones is 1. The van der Waals surface area contributed by atoms with Gasteiger partial charge in [-0.3, -0.25) is 14.4 Å². The first-order valence-corrected chi connectivity index (χ1v) is 13.6. The van der Waals surface area contributed by atoms with Crippen LogP contribution in [0, 0.1) is 11.8 Å². The Kier molecular flexibility index (Phi) is 5.45. The molecule has 3 heterocycles. The Labute approximate surface area is 233 Å². The lowest BCUT2D eigenvalue weighted by molar-refractivity contribution is -0.122. The molecule has 0 spiro atoms. The molecule has 4 aromatic carbocycles. The van der Waals surface area contributed by atoms with Crippen molar-refractivity contribution in [3.05, 3.63) is 107 Å². The maximum absolute atomic E-state index is 14.3. The maximum atomic E-state index is 14.3. The average Bonchev–Trinajstić information content (AvgIpc) is 3.44. The monoisotopic (exact) mass is 578 g/mol. The molecule has 0 aliphatic carbocycles. The Hall–Kier alpha value is -4.23. The van der Waals surface area contributed by atoms with Gasteiger partial charge in [0.2, 0.25) is 11.8 Å². The first-order valence-electron chi connectivity index (χ1n) is 12.8. The molecular formula is C32H23BrN2O4. The van der Waals surface area contributed by atoms with E-state index in [1.807, 2.05) is 77.7 Å². The zero-order valence-corrected chi connectivity index (χ0v) is 22.5. The van der Waals surface area contributed by atoms with Crippen LogP contribution < -0.4 is 14.5 Å². The third-order valence-corrected chi connectivity index (χ3v) is 8.75. The molecule has 7 heteroatoms. The van der Waals surface area contributed by atoms with E-state index in [4.69, 9.17) is 4.74 Å². The molecule has 0 radical (unpaired) electrons. The summed E-state index contributed by atoms with van der Waals surface area (Å²) in [5, 5.41) is 1.77. The number of rotatable bonds is 4. The summed E-state index contributed by atoms with van der Waals surface area (Å²) in [5.41, 5.74) is 2.81. The van der Waals surface area contributed by atoms with Crippen molar-refractivity contribution in [2.24, 2.45) is 11.8 Å². The van der Waals surface area contributed by atoms with E-state index in [-0.39, 0.29) is 17.6 Å². The number of ether oxygens (including phenoxy) is 1. The Balaban J connectivity index is 1.38. The summed E-state index contributed by atoms with van der Waals surface area (Å²) in [5.74, 6) is -1.72. The van der Waals surface area contributed by atoms with E-state index in [0.29, 0.717) is 21.5 Å². The number of para-hydroxylation sites is 1. The molecule has 4 aromatic rings. The van der Waals surface area contributed by atoms with Gasteiger partial charge in [0.1, 0.15) is 11.8 Å². The van der Waals surface area contributed by atoms with Gasteiger partial charge in [0.15, 0.2) is 5.78 Å². The molecule has 0 saturated carbocycles. The van der Waals surface area contributed by atoms with Crippen LogP contribution in [-0.2, 0) is 9.59 Å². The highest BCUT2D eigenvalue weighted by Crippen LogP contribution is 2.50. The Morgan fingerprint density at radius 1 is 0.846 bits per heavy atom. The van der Waals surface area contributed by atoms with Crippen molar-refractivity contribution < 1.29 is 19.1 Å². The number of hydrogen-bond acceptors (Lipinski definition) is 5. The molecule has 0 bridgehead atoms. The average molecular weight is 579 g/mol. The maximum Gasteiger partial charge on any atom is 0.240 e. The van der Waals surface area contributed by atoms with E-state index < -0.39 is 23.9 Å². The van der Waals surface area contributed by atoms with Gasteiger partial charge in [-0.25, -0.2) is 4.90 Å². The summed E-state index contributed by atoms with van der Waals surface area (Å²) >= 11 is 3.49. The molecule has 0 N–H and O–H groups in total. The molecule has 3 aliphatic heterocycles. The predicted molar refractivity (Wildman–Crippen MR) is 154 cm³/mol. The number of carbonyl (C=O) groups is 3. The number of nitrogens with zero attached hydrogens (tertiary/aromatic N) is 2. The quantitative estimate of drug-likeness (QED) is 0.223. The third kappa shape index (κ3) is 3.42. The number of methoxy groups -OCH3 is 1. The zero-order valence-electron chi connectivity index (χ0n) is 21.0. The number of imide groups is 1. The van der Waals surface area contributed by atoms with E-state index in [1.165, 1.54) is 4.90 Å². The van der Waals surface area contributed by atoms with Gasteiger partial charge in [0.25, 0.3) is 0 Å². The molecule has 3 aliphatic rings. The normalized spacial score (nSPS) is 23.1. The van der Waals surface area contributed by atoms with Gasteiger partial charge in [0, 0.05) is 16.6 Å². The van der Waals surface area contributed by atoms with Gasteiger partial charge in [-0.2, -0.15) is 0 Å². The number of anilines is 2. The standard InChI is InChI=1S/C32H23BrN2O4/c1-39-26-16-14-20(17-22(26)33)30(36)29-28-27(25-15-13-19-8-3-5-11-23(19)34(25)29)31(37)35(32(28)38)24-12-6-9-18-7-2-4-10-21(18)24/h2-17,25,27-29H,1H3/t25-,27-,28+,29-/m1/s1. The van der Waals surface area contributed by atoms with Gasteiger partial charge in [-0.1, -0.05) is 66.7 Å². The van der Waals surface area contributed by atoms with Gasteiger partial charge in [0.05, 0.1) is 35.1 Å². The van der Waals surface area contributed by atoms with Crippen LogP contribution in [0.2, 0.25) is 0 Å². The highest BCUT2D eigenvalue weighted by molar-refractivity contribution is 9.10. The Morgan fingerprint density at radius 3 is 2.38 bits per heavy atom. The molecular weight excluding hydrogens is 556 g/mol. The first kappa shape index (κ1) is 23.9. The molecule has 2 amide bonds. The van der Waals surface area contributed by atoms with Crippen LogP contribution in [0.15, 0.2) is 95.5 Å². The first-order chi connectivity index (χ1) is 19.0. The third-order valence-electron chi connectivity index (χ3n) is 8.13. The summed E-state index contributed by atoms with van der Waals surface area (Å²) in [4.78, 5) is 46.0. The second-order valence-corrected chi connectivity index (χ2v) is 10.9. The van der Waals surface area contributed by atoms with Crippen LogP contribution in [0.1, 0.15) is 15.9 Å². The minimum absolute atomic E-state index is 0.207. The predicted octanol–water partition coefficient (Wildman–Crippen LogP) is 5.88. The number of carbonyl (C=O) groups excluding carboxylic acids is 3. The summed E-state index contributed by atoms with van der Waals surface area (Å²) in [7, 11) is 1.56. The van der Waals surface area contributed by atoms with Crippen molar-refractivity contribution >= 4 is 61.8 Å². The minimum Gasteiger partial charge on any atom is -0.496 e. The van der Waals surface area contributed by atoms with Crippen molar-refractivity contribution in [2.75, 3.05) is 16.9 Å². The number of benzene rings is 4. The number of fused-ring (bicyclic) bond motifs is 6. The van der Waals surface area contributed by atoms with Crippen LogP contribution in [0.25, 0.3) is 16.8 Å². The smallest absolute Gasteiger partial charge is 0.240 e. The fourth-order valence-corrected chi connectivity index (χ4v) is 6.99. The molecule has 192 valence electrons. The van der Waals surface area contributed by atoms with Crippen LogP contribution in [0.4, 0.5) is 11.4 Å². The van der Waals surface area contributed by atoms with Gasteiger partial charge < -0.3 is 9.64 Å². The van der Waals surface area contributed by atoms with Crippen molar-refractivity contribution in [3.8, 4) is 5.75 Å². The Morgan fingerprint density at radius 2 is 1.56 bits per heavy atom.